The molecule has 1 aromatic carbocycles. The third-order valence-corrected chi connectivity index (χ3v) is 3.15. The van der Waals surface area contributed by atoms with E-state index in [0.29, 0.717) is 5.56 Å². The van der Waals surface area contributed by atoms with Gasteiger partial charge in [-0.05, 0) is 27.6 Å². The molecule has 84 valence electrons. The molecule has 1 atom stereocenters. The van der Waals surface area contributed by atoms with Crippen molar-refractivity contribution in [3.8, 4) is 0 Å². The van der Waals surface area contributed by atoms with Crippen LogP contribution in [0.2, 0.25) is 0 Å². The maximum atomic E-state index is 10.7. The van der Waals surface area contributed by atoms with Crippen LogP contribution in [0.1, 0.15) is 11.7 Å². The zero-order chi connectivity index (χ0) is 11.9. The fraction of sp³-hybridized carbons (Fsp3) is 0.182. The number of benzene rings is 1. The summed E-state index contributed by atoms with van der Waals surface area (Å²) in [7, 11) is 1.87. The quantitative estimate of drug-likeness (QED) is 0.887. The Hall–Kier alpha value is -1.33. The smallest absolute Gasteiger partial charge is 0.337 e. The molecule has 1 aromatic heterocycles. The van der Waals surface area contributed by atoms with Gasteiger partial charge in [-0.15, -0.1) is 0 Å². The number of carbonyl (C=O) groups is 1. The van der Waals surface area contributed by atoms with Crippen molar-refractivity contribution in [2.45, 2.75) is 6.10 Å². The predicted molar refractivity (Wildman–Crippen MR) is 63.2 cm³/mol. The average molecular weight is 284 g/mol. The Morgan fingerprint density at radius 3 is 2.81 bits per heavy atom. The lowest BCUT2D eigenvalue weighted by molar-refractivity contribution is -0.146. The number of aliphatic hydroxyl groups is 1. The van der Waals surface area contributed by atoms with Crippen molar-refractivity contribution in [2.24, 2.45) is 7.05 Å². The highest BCUT2D eigenvalue weighted by atomic mass is 79.9. The first-order valence-electron chi connectivity index (χ1n) is 4.66. The third-order valence-electron chi connectivity index (χ3n) is 2.52. The van der Waals surface area contributed by atoms with E-state index in [2.05, 4.69) is 15.9 Å². The highest BCUT2D eigenvalue weighted by Gasteiger charge is 2.17. The summed E-state index contributed by atoms with van der Waals surface area (Å²) in [5.41, 5.74) is 1.26. The lowest BCUT2D eigenvalue weighted by Crippen LogP contribution is -2.10. The molecule has 2 N–H and O–H groups in total. The molecule has 0 spiro atoms. The van der Waals surface area contributed by atoms with Gasteiger partial charge in [-0.25, -0.2) is 4.79 Å². The summed E-state index contributed by atoms with van der Waals surface area (Å²) < 4.78 is 2.82. The standard InChI is InChI=1S/C11H10BrNO3/c1-13-5-8(12)7-3-2-6(4-9(7)13)10(14)11(15)16/h2-5,10,14H,1H3,(H,15,16). The largest absolute Gasteiger partial charge is 0.479 e. The van der Waals surface area contributed by atoms with E-state index < -0.39 is 12.1 Å². The van der Waals surface area contributed by atoms with E-state index >= 15 is 0 Å². The highest BCUT2D eigenvalue weighted by Crippen LogP contribution is 2.28. The molecule has 16 heavy (non-hydrogen) atoms. The highest BCUT2D eigenvalue weighted by molar-refractivity contribution is 9.10. The van der Waals surface area contributed by atoms with E-state index in [1.165, 1.54) is 0 Å². The monoisotopic (exact) mass is 283 g/mol. The zero-order valence-electron chi connectivity index (χ0n) is 8.51. The molecule has 2 rings (SSSR count). The molecule has 0 saturated heterocycles. The van der Waals surface area contributed by atoms with Gasteiger partial charge in [0.05, 0.1) is 0 Å². The minimum absolute atomic E-state index is 0.383. The molecule has 0 saturated carbocycles. The Bertz CT molecular complexity index is 562. The van der Waals surface area contributed by atoms with Gasteiger partial charge in [0.1, 0.15) is 0 Å². The van der Waals surface area contributed by atoms with E-state index in [0.717, 1.165) is 15.4 Å². The number of nitrogens with zero attached hydrogens (tertiary/aromatic N) is 1. The Labute approximate surface area is 100 Å². The fourth-order valence-electron chi connectivity index (χ4n) is 1.66. The van der Waals surface area contributed by atoms with Crippen LogP contribution in [0.3, 0.4) is 0 Å². The lowest BCUT2D eigenvalue weighted by Gasteiger charge is -2.06. The summed E-state index contributed by atoms with van der Waals surface area (Å²) in [6.07, 6.45) is 0.416. The van der Waals surface area contributed by atoms with Gasteiger partial charge in [-0.2, -0.15) is 0 Å². The summed E-state index contributed by atoms with van der Waals surface area (Å²) in [5, 5.41) is 19.1. The van der Waals surface area contributed by atoms with Gasteiger partial charge in [0.15, 0.2) is 6.10 Å². The zero-order valence-corrected chi connectivity index (χ0v) is 10.1. The van der Waals surface area contributed by atoms with E-state index in [-0.39, 0.29) is 0 Å². The van der Waals surface area contributed by atoms with Crippen LogP contribution in [-0.4, -0.2) is 20.7 Å². The summed E-state index contributed by atoms with van der Waals surface area (Å²) in [6, 6.07) is 5.09. The Morgan fingerprint density at radius 1 is 1.50 bits per heavy atom. The van der Waals surface area contributed by atoms with Crippen molar-refractivity contribution in [2.75, 3.05) is 0 Å². The van der Waals surface area contributed by atoms with Crippen LogP contribution in [0.4, 0.5) is 0 Å². The molecule has 0 amide bonds. The Morgan fingerprint density at radius 2 is 2.19 bits per heavy atom. The first-order valence-corrected chi connectivity index (χ1v) is 5.45. The number of aliphatic carboxylic acids is 1. The molecule has 5 heteroatoms. The van der Waals surface area contributed by atoms with E-state index in [9.17, 15) is 9.90 Å². The van der Waals surface area contributed by atoms with Crippen molar-refractivity contribution < 1.29 is 15.0 Å². The molecule has 0 aliphatic rings. The maximum absolute atomic E-state index is 10.7. The van der Waals surface area contributed by atoms with Crippen molar-refractivity contribution in [1.82, 2.24) is 4.57 Å². The molecule has 0 radical (unpaired) electrons. The van der Waals surface area contributed by atoms with E-state index in [1.807, 2.05) is 17.8 Å². The van der Waals surface area contributed by atoms with Crippen LogP contribution in [-0.2, 0) is 11.8 Å². The summed E-state index contributed by atoms with van der Waals surface area (Å²) in [5.74, 6) is -1.24. The maximum Gasteiger partial charge on any atom is 0.337 e. The number of carboxylic acids is 1. The first kappa shape index (κ1) is 11.2. The van der Waals surface area contributed by atoms with Gasteiger partial charge in [-0.1, -0.05) is 12.1 Å². The van der Waals surface area contributed by atoms with Crippen LogP contribution in [0.5, 0.6) is 0 Å². The van der Waals surface area contributed by atoms with Crippen molar-refractivity contribution in [3.05, 3.63) is 34.4 Å². The number of halogens is 1. The predicted octanol–water partition coefficient (Wildman–Crippen LogP) is 2.06. The minimum atomic E-state index is -1.47. The minimum Gasteiger partial charge on any atom is -0.479 e. The number of aryl methyl sites for hydroxylation is 1. The molecule has 0 bridgehead atoms. The number of rotatable bonds is 2. The molecular weight excluding hydrogens is 274 g/mol. The van der Waals surface area contributed by atoms with Crippen LogP contribution in [0, 0.1) is 0 Å². The number of hydrogen-bond acceptors (Lipinski definition) is 2. The number of aromatic nitrogens is 1. The van der Waals surface area contributed by atoms with Crippen LogP contribution >= 0.6 is 15.9 Å². The van der Waals surface area contributed by atoms with E-state index in [1.54, 1.807) is 18.2 Å². The summed E-state index contributed by atoms with van der Waals surface area (Å²) >= 11 is 3.41. The van der Waals surface area contributed by atoms with Crippen LogP contribution < -0.4 is 0 Å². The number of hydrogen-bond donors (Lipinski definition) is 2. The molecule has 1 heterocycles. The molecule has 0 aliphatic heterocycles. The third kappa shape index (κ3) is 1.72. The second-order valence-electron chi connectivity index (χ2n) is 3.61. The molecule has 2 aromatic rings. The SMILES string of the molecule is Cn1cc(Br)c2ccc(C(O)C(=O)O)cc21. The lowest BCUT2D eigenvalue weighted by atomic mass is 10.1. The molecule has 4 nitrogen and oxygen atoms in total. The van der Waals surface area contributed by atoms with E-state index in [4.69, 9.17) is 5.11 Å². The number of carboxylic acid groups (broad SMARTS) is 1. The van der Waals surface area contributed by atoms with Gasteiger partial charge in [0.25, 0.3) is 0 Å². The molecule has 1 unspecified atom stereocenters. The van der Waals surface area contributed by atoms with Crippen LogP contribution in [0.15, 0.2) is 28.9 Å². The summed E-state index contributed by atoms with van der Waals surface area (Å²) in [6.45, 7) is 0. The van der Waals surface area contributed by atoms with Gasteiger partial charge in [0.2, 0.25) is 0 Å². The van der Waals surface area contributed by atoms with Crippen molar-refractivity contribution in [3.63, 3.8) is 0 Å². The van der Waals surface area contributed by atoms with Crippen LogP contribution in [0.25, 0.3) is 10.9 Å². The average Bonchev–Trinajstić information content (AvgIpc) is 2.53. The van der Waals surface area contributed by atoms with Gasteiger partial charge < -0.3 is 14.8 Å². The van der Waals surface area contributed by atoms with Crippen molar-refractivity contribution >= 4 is 32.8 Å². The fourth-order valence-corrected chi connectivity index (χ4v) is 2.31. The Balaban J connectivity index is 2.60. The normalized spacial score (nSPS) is 12.9. The second kappa shape index (κ2) is 3.92. The Kier molecular flexibility index (Phi) is 2.73. The van der Waals surface area contributed by atoms with Crippen molar-refractivity contribution in [1.29, 1.82) is 0 Å². The van der Waals surface area contributed by atoms with Gasteiger partial charge in [0, 0.05) is 28.6 Å². The second-order valence-corrected chi connectivity index (χ2v) is 4.46. The topological polar surface area (TPSA) is 62.5 Å². The first-order chi connectivity index (χ1) is 7.50. The van der Waals surface area contributed by atoms with Gasteiger partial charge in [-0.3, -0.25) is 0 Å². The molecular formula is C11H10BrNO3. The van der Waals surface area contributed by atoms with Gasteiger partial charge >= 0.3 is 5.97 Å². The number of aliphatic hydroxyl groups excluding tert-OH is 1. The number of fused-ring (bicyclic) bond motifs is 1. The summed E-state index contributed by atoms with van der Waals surface area (Å²) in [4.78, 5) is 10.7. The molecule has 0 fully saturated rings. The molecule has 0 aliphatic carbocycles.